The molecule has 1 aliphatic heterocycles. The average Bonchev–Trinajstić information content (AvgIpc) is 2.74. The summed E-state index contributed by atoms with van der Waals surface area (Å²) in [5.74, 6) is 0.599. The van der Waals surface area contributed by atoms with Gasteiger partial charge in [0.1, 0.15) is 5.75 Å². The lowest BCUT2D eigenvalue weighted by atomic mass is 9.91. The monoisotopic (exact) mass is 409 g/mol. The number of rotatable bonds is 7. The van der Waals surface area contributed by atoms with Crippen molar-refractivity contribution in [2.24, 2.45) is 0 Å². The molecular formula is C25H31NO4. The summed E-state index contributed by atoms with van der Waals surface area (Å²) in [5.41, 5.74) is 4.70. The Balaban J connectivity index is 2.00. The van der Waals surface area contributed by atoms with Crippen LogP contribution < -0.4 is 4.74 Å². The van der Waals surface area contributed by atoms with Crippen LogP contribution in [-0.2, 0) is 17.6 Å². The second-order valence-corrected chi connectivity index (χ2v) is 8.23. The predicted octanol–water partition coefficient (Wildman–Crippen LogP) is 4.07. The van der Waals surface area contributed by atoms with Crippen molar-refractivity contribution in [3.8, 4) is 11.8 Å². The van der Waals surface area contributed by atoms with E-state index in [0.29, 0.717) is 30.6 Å². The molecule has 5 heteroatoms. The molecule has 3 atom stereocenters. The zero-order valence-corrected chi connectivity index (χ0v) is 18.0. The summed E-state index contributed by atoms with van der Waals surface area (Å²) in [4.78, 5) is 0. The maximum atomic E-state index is 10.3. The second-order valence-electron chi connectivity index (χ2n) is 8.23. The van der Waals surface area contributed by atoms with Gasteiger partial charge < -0.3 is 19.7 Å². The molecule has 0 aromatic heterocycles. The summed E-state index contributed by atoms with van der Waals surface area (Å²) in [7, 11) is 0. The molecule has 0 spiro atoms. The minimum atomic E-state index is -0.548. The maximum absolute atomic E-state index is 10.3. The van der Waals surface area contributed by atoms with E-state index in [2.05, 4.69) is 37.3 Å². The highest BCUT2D eigenvalue weighted by Crippen LogP contribution is 2.38. The Hall–Kier alpha value is -2.39. The van der Waals surface area contributed by atoms with Crippen LogP contribution >= 0.6 is 0 Å². The van der Waals surface area contributed by atoms with E-state index in [0.717, 1.165) is 23.1 Å². The molecule has 3 unspecified atom stereocenters. The molecule has 0 radical (unpaired) electrons. The van der Waals surface area contributed by atoms with Gasteiger partial charge in [0.05, 0.1) is 42.7 Å². The molecule has 1 aliphatic rings. The molecule has 0 bridgehead atoms. The first-order valence-corrected chi connectivity index (χ1v) is 10.7. The van der Waals surface area contributed by atoms with E-state index in [1.54, 1.807) is 6.07 Å². The van der Waals surface area contributed by atoms with Crippen LogP contribution in [-0.4, -0.2) is 35.1 Å². The molecule has 2 aromatic carbocycles. The van der Waals surface area contributed by atoms with Crippen LogP contribution in [0.5, 0.6) is 5.75 Å². The topological polar surface area (TPSA) is 82.7 Å². The third kappa shape index (κ3) is 5.40. The molecule has 30 heavy (non-hydrogen) atoms. The summed E-state index contributed by atoms with van der Waals surface area (Å²) in [6, 6.07) is 14.5. The van der Waals surface area contributed by atoms with Gasteiger partial charge in [0, 0.05) is 18.4 Å². The Kier molecular flexibility index (Phi) is 7.49. The highest BCUT2D eigenvalue weighted by molar-refractivity contribution is 5.51. The molecule has 2 aromatic rings. The van der Waals surface area contributed by atoms with Crippen LogP contribution in [0.1, 0.15) is 67.5 Å². The van der Waals surface area contributed by atoms with Gasteiger partial charge in [0.25, 0.3) is 0 Å². The number of nitriles is 1. The van der Waals surface area contributed by atoms with Gasteiger partial charge in [-0.05, 0) is 55.5 Å². The van der Waals surface area contributed by atoms with E-state index in [1.165, 1.54) is 5.56 Å². The molecule has 5 nitrogen and oxygen atoms in total. The van der Waals surface area contributed by atoms with Crippen molar-refractivity contribution in [2.45, 2.75) is 70.9 Å². The average molecular weight is 410 g/mol. The summed E-state index contributed by atoms with van der Waals surface area (Å²) < 4.78 is 12.1. The van der Waals surface area contributed by atoms with E-state index in [4.69, 9.17) is 9.47 Å². The normalized spacial score (nSPS) is 21.4. The maximum Gasteiger partial charge on any atom is 0.126 e. The van der Waals surface area contributed by atoms with Gasteiger partial charge in [-0.2, -0.15) is 5.26 Å². The van der Waals surface area contributed by atoms with Crippen molar-refractivity contribution in [3.63, 3.8) is 0 Å². The number of nitrogens with zero attached hydrogens (tertiary/aromatic N) is 1. The van der Waals surface area contributed by atoms with Crippen molar-refractivity contribution in [2.75, 3.05) is 6.61 Å². The first kappa shape index (κ1) is 22.3. The Labute approximate surface area is 178 Å². The fourth-order valence-electron chi connectivity index (χ4n) is 3.92. The fourth-order valence-corrected chi connectivity index (χ4v) is 3.92. The van der Waals surface area contributed by atoms with Crippen molar-refractivity contribution in [1.29, 1.82) is 5.26 Å². The third-order valence-corrected chi connectivity index (χ3v) is 5.47. The smallest absolute Gasteiger partial charge is 0.126 e. The lowest BCUT2D eigenvalue weighted by molar-refractivity contribution is -0.114. The molecule has 3 rings (SSSR count). The molecule has 0 aliphatic carbocycles. The minimum absolute atomic E-state index is 0.0649. The van der Waals surface area contributed by atoms with E-state index >= 15 is 0 Å². The minimum Gasteiger partial charge on any atom is -0.491 e. The number of aliphatic hydroxyl groups is 2. The first-order chi connectivity index (χ1) is 14.4. The van der Waals surface area contributed by atoms with Crippen LogP contribution in [0.3, 0.4) is 0 Å². The van der Waals surface area contributed by atoms with Crippen molar-refractivity contribution in [3.05, 3.63) is 64.2 Å². The van der Waals surface area contributed by atoms with Gasteiger partial charge in [-0.3, -0.25) is 0 Å². The Morgan fingerprint density at radius 2 is 1.87 bits per heavy atom. The van der Waals surface area contributed by atoms with Crippen molar-refractivity contribution in [1.82, 2.24) is 0 Å². The Bertz CT molecular complexity index is 885. The van der Waals surface area contributed by atoms with E-state index in [1.807, 2.05) is 19.9 Å². The van der Waals surface area contributed by atoms with Crippen LogP contribution in [0.4, 0.5) is 0 Å². The summed E-state index contributed by atoms with van der Waals surface area (Å²) in [6.07, 6.45) is 1.04. The van der Waals surface area contributed by atoms with E-state index < -0.39 is 18.3 Å². The standard InChI is InChI=1S/C25H31NO4/c1-4-17-5-7-18(8-6-17)9-19-10-23(24(29-16(2)3)11-20(19)14-26)25-13-21(28)12-22(15-27)30-25/h5-8,10-11,16,21-22,25,27-28H,4,9,12-13,15H2,1-3H3. The first-order valence-electron chi connectivity index (χ1n) is 10.7. The molecular weight excluding hydrogens is 378 g/mol. The highest BCUT2D eigenvalue weighted by atomic mass is 16.5. The van der Waals surface area contributed by atoms with E-state index in [-0.39, 0.29) is 12.7 Å². The second kappa shape index (κ2) is 10.1. The van der Waals surface area contributed by atoms with Gasteiger partial charge in [0.15, 0.2) is 0 Å². The van der Waals surface area contributed by atoms with E-state index in [9.17, 15) is 15.5 Å². The van der Waals surface area contributed by atoms with Gasteiger partial charge >= 0.3 is 0 Å². The summed E-state index contributed by atoms with van der Waals surface area (Å²) in [5, 5.41) is 29.6. The summed E-state index contributed by atoms with van der Waals surface area (Å²) in [6.45, 7) is 5.86. The predicted molar refractivity (Wildman–Crippen MR) is 115 cm³/mol. The number of benzene rings is 2. The number of aryl methyl sites for hydroxylation is 1. The quantitative estimate of drug-likeness (QED) is 0.720. The van der Waals surface area contributed by atoms with Crippen LogP contribution in [0.15, 0.2) is 36.4 Å². The van der Waals surface area contributed by atoms with Crippen LogP contribution in [0.2, 0.25) is 0 Å². The molecule has 2 N–H and O–H groups in total. The fraction of sp³-hybridized carbons (Fsp3) is 0.480. The molecule has 1 saturated heterocycles. The van der Waals surface area contributed by atoms with Gasteiger partial charge in [-0.15, -0.1) is 0 Å². The largest absolute Gasteiger partial charge is 0.491 e. The number of hydrogen-bond acceptors (Lipinski definition) is 5. The van der Waals surface area contributed by atoms with Crippen molar-refractivity contribution >= 4 is 0 Å². The van der Waals surface area contributed by atoms with Crippen LogP contribution in [0.25, 0.3) is 0 Å². The molecule has 160 valence electrons. The highest BCUT2D eigenvalue weighted by Gasteiger charge is 2.31. The van der Waals surface area contributed by atoms with Gasteiger partial charge in [-0.25, -0.2) is 0 Å². The number of aliphatic hydroxyl groups excluding tert-OH is 2. The lowest BCUT2D eigenvalue weighted by Gasteiger charge is -2.33. The van der Waals surface area contributed by atoms with Crippen molar-refractivity contribution < 1.29 is 19.7 Å². The van der Waals surface area contributed by atoms with Gasteiger partial charge in [-0.1, -0.05) is 31.2 Å². The molecule has 1 heterocycles. The SMILES string of the molecule is CCc1ccc(Cc2cc(C3CC(O)CC(CO)O3)c(OC(C)C)cc2C#N)cc1. The molecule has 0 saturated carbocycles. The molecule has 0 amide bonds. The van der Waals surface area contributed by atoms with Crippen LogP contribution in [0, 0.1) is 11.3 Å². The zero-order valence-electron chi connectivity index (χ0n) is 18.0. The lowest BCUT2D eigenvalue weighted by Crippen LogP contribution is -2.33. The zero-order chi connectivity index (χ0) is 21.7. The third-order valence-electron chi connectivity index (χ3n) is 5.47. The summed E-state index contributed by atoms with van der Waals surface area (Å²) >= 11 is 0. The Morgan fingerprint density at radius 1 is 1.17 bits per heavy atom. The number of hydrogen-bond donors (Lipinski definition) is 2. The van der Waals surface area contributed by atoms with Gasteiger partial charge in [0.2, 0.25) is 0 Å². The number of ether oxygens (including phenoxy) is 2. The Morgan fingerprint density at radius 3 is 2.47 bits per heavy atom. The molecule has 1 fully saturated rings.